The molecule has 0 spiro atoms. The number of carbonyl (C=O) groups excluding carboxylic acids is 2. The highest BCUT2D eigenvalue weighted by Gasteiger charge is 2.38. The van der Waals surface area contributed by atoms with E-state index in [1.165, 1.54) is 0 Å². The lowest BCUT2D eigenvalue weighted by Gasteiger charge is -2.35. The molecule has 2 saturated carbocycles. The van der Waals surface area contributed by atoms with Crippen LogP contribution in [0.1, 0.15) is 75.0 Å². The van der Waals surface area contributed by atoms with Gasteiger partial charge in [-0.2, -0.15) is 5.10 Å². The number of rotatable bonds is 11. The Morgan fingerprint density at radius 3 is 2.52 bits per heavy atom. The van der Waals surface area contributed by atoms with Crippen LogP contribution in [0.4, 0.5) is 10.6 Å². The summed E-state index contributed by atoms with van der Waals surface area (Å²) in [7, 11) is 0. The van der Waals surface area contributed by atoms with Crippen LogP contribution in [-0.4, -0.2) is 53.7 Å². The van der Waals surface area contributed by atoms with Crippen molar-refractivity contribution in [3.05, 3.63) is 71.4 Å². The highest BCUT2D eigenvalue weighted by molar-refractivity contribution is 5.92. The van der Waals surface area contributed by atoms with Crippen LogP contribution in [0.25, 0.3) is 0 Å². The maximum absolute atomic E-state index is 13.0. The normalized spacial score (nSPS) is 23.2. The van der Waals surface area contributed by atoms with Crippen molar-refractivity contribution in [3.8, 4) is 11.5 Å². The molecule has 234 valence electrons. The third kappa shape index (κ3) is 7.34. The Labute approximate surface area is 256 Å². The third-order valence-electron chi connectivity index (χ3n) is 8.23. The molecule has 11 heteroatoms. The summed E-state index contributed by atoms with van der Waals surface area (Å²) in [6.45, 7) is 5.21. The van der Waals surface area contributed by atoms with E-state index < -0.39 is 6.29 Å². The zero-order chi connectivity index (χ0) is 30.5. The predicted molar refractivity (Wildman–Crippen MR) is 161 cm³/mol. The molecule has 3 aliphatic rings. The van der Waals surface area contributed by atoms with Gasteiger partial charge in [0.25, 0.3) is 0 Å². The quantitative estimate of drug-likeness (QED) is 0.258. The fourth-order valence-corrected chi connectivity index (χ4v) is 5.89. The van der Waals surface area contributed by atoms with Crippen LogP contribution in [0.15, 0.2) is 54.6 Å². The number of aromatic nitrogens is 2. The molecule has 0 bridgehead atoms. The summed E-state index contributed by atoms with van der Waals surface area (Å²) in [5.41, 5.74) is 2.73. The molecule has 11 nitrogen and oxygen atoms in total. The summed E-state index contributed by atoms with van der Waals surface area (Å²) in [6.07, 6.45) is 2.38. The maximum atomic E-state index is 13.0. The second-order valence-corrected chi connectivity index (χ2v) is 12.0. The number of carbonyl (C=O) groups is 2. The monoisotopic (exact) mass is 604 g/mol. The minimum absolute atomic E-state index is 0.0329. The van der Waals surface area contributed by atoms with E-state index >= 15 is 0 Å². The highest BCUT2D eigenvalue weighted by Crippen LogP contribution is 2.42. The third-order valence-corrected chi connectivity index (χ3v) is 8.23. The van der Waals surface area contributed by atoms with Gasteiger partial charge in [0, 0.05) is 29.6 Å². The van der Waals surface area contributed by atoms with Gasteiger partial charge in [-0.1, -0.05) is 36.4 Å². The fraction of sp³-hybridized carbons (Fsp3) is 0.485. The van der Waals surface area contributed by atoms with Gasteiger partial charge < -0.3 is 34.3 Å². The standard InChI is InChI=1S/C33H40N4O7/c1-20(2)34-33(39)44-24-12-11-22(15-24)26-18-29(37-36-26)35-31(38)23-16-25(17-23)43-28-10-6-9-27(30(28)32-40-13-14-41-32)42-19-21-7-4-3-5-8-21/h3-10,18,20,22-25,32H,11-17,19H2,1-2H3,(H,34,39)(H2,35,36,37,38)/t22-,23?,24+,25?/m0/s1. The summed E-state index contributed by atoms with van der Waals surface area (Å²) in [6, 6.07) is 17.6. The van der Waals surface area contributed by atoms with Crippen LogP contribution in [0, 0.1) is 5.92 Å². The van der Waals surface area contributed by atoms with E-state index in [2.05, 4.69) is 20.8 Å². The number of ether oxygens (including phenoxy) is 5. The van der Waals surface area contributed by atoms with E-state index in [1.807, 2.05) is 68.4 Å². The molecule has 0 unspecified atom stereocenters. The topological polar surface area (TPSA) is 133 Å². The molecule has 2 atom stereocenters. The number of aromatic amines is 1. The van der Waals surface area contributed by atoms with E-state index in [0.29, 0.717) is 50.0 Å². The number of nitrogens with zero attached hydrogens (tertiary/aromatic N) is 1. The zero-order valence-corrected chi connectivity index (χ0v) is 25.1. The largest absolute Gasteiger partial charge is 0.490 e. The molecular formula is C33H40N4O7. The van der Waals surface area contributed by atoms with Crippen LogP contribution in [0.2, 0.25) is 0 Å². The Morgan fingerprint density at radius 2 is 1.75 bits per heavy atom. The molecular weight excluding hydrogens is 564 g/mol. The highest BCUT2D eigenvalue weighted by atomic mass is 16.7. The van der Waals surface area contributed by atoms with Crippen LogP contribution in [-0.2, 0) is 25.6 Å². The number of alkyl carbamates (subject to hydrolysis) is 1. The predicted octanol–water partition coefficient (Wildman–Crippen LogP) is 5.60. The van der Waals surface area contributed by atoms with Crippen molar-refractivity contribution < 1.29 is 33.3 Å². The number of amides is 2. The minimum Gasteiger partial charge on any atom is -0.490 e. The number of hydrogen-bond acceptors (Lipinski definition) is 8. The lowest BCUT2D eigenvalue weighted by atomic mass is 9.81. The molecule has 6 rings (SSSR count). The maximum Gasteiger partial charge on any atom is 0.407 e. The molecule has 0 radical (unpaired) electrons. The van der Waals surface area contributed by atoms with Gasteiger partial charge >= 0.3 is 6.09 Å². The van der Waals surface area contributed by atoms with Crippen molar-refractivity contribution >= 4 is 17.8 Å². The van der Waals surface area contributed by atoms with E-state index in [-0.39, 0.29) is 42.1 Å². The molecule has 2 aromatic carbocycles. The molecule has 1 aliphatic heterocycles. The van der Waals surface area contributed by atoms with Crippen molar-refractivity contribution in [2.75, 3.05) is 18.5 Å². The van der Waals surface area contributed by atoms with E-state index in [4.69, 9.17) is 23.7 Å². The van der Waals surface area contributed by atoms with Crippen LogP contribution >= 0.6 is 0 Å². The number of anilines is 1. The molecule has 1 saturated heterocycles. The summed E-state index contributed by atoms with van der Waals surface area (Å²) >= 11 is 0. The molecule has 2 aliphatic carbocycles. The minimum atomic E-state index is -0.566. The number of H-pyrrole nitrogens is 1. The average molecular weight is 605 g/mol. The average Bonchev–Trinajstić information content (AvgIpc) is 3.76. The van der Waals surface area contributed by atoms with Gasteiger partial charge in [-0.25, -0.2) is 4.79 Å². The van der Waals surface area contributed by atoms with Gasteiger partial charge in [0.2, 0.25) is 5.91 Å². The van der Waals surface area contributed by atoms with Crippen molar-refractivity contribution in [1.82, 2.24) is 15.5 Å². The van der Waals surface area contributed by atoms with E-state index in [0.717, 1.165) is 36.1 Å². The summed E-state index contributed by atoms with van der Waals surface area (Å²) in [5, 5.41) is 13.1. The lowest BCUT2D eigenvalue weighted by Crippen LogP contribution is -2.41. The van der Waals surface area contributed by atoms with Gasteiger partial charge in [0.05, 0.1) is 18.8 Å². The van der Waals surface area contributed by atoms with E-state index in [1.54, 1.807) is 0 Å². The summed E-state index contributed by atoms with van der Waals surface area (Å²) in [4.78, 5) is 24.9. The lowest BCUT2D eigenvalue weighted by molar-refractivity contribution is -0.125. The van der Waals surface area contributed by atoms with Crippen molar-refractivity contribution in [2.24, 2.45) is 5.92 Å². The number of hydrogen-bond donors (Lipinski definition) is 3. The second kappa shape index (κ2) is 13.7. The Morgan fingerprint density at radius 1 is 0.977 bits per heavy atom. The molecule has 3 aromatic rings. The van der Waals surface area contributed by atoms with Crippen LogP contribution in [0.5, 0.6) is 11.5 Å². The van der Waals surface area contributed by atoms with Gasteiger partial charge in [-0.15, -0.1) is 0 Å². The molecule has 2 amide bonds. The SMILES string of the molecule is CC(C)NC(=O)O[C@@H]1CC[C@H](c2cc(NC(=O)C3CC(Oc4cccc(OCc5ccccc5)c4C4OCCO4)C3)n[nH]2)C1. The number of nitrogens with one attached hydrogen (secondary N) is 3. The molecule has 3 fully saturated rings. The van der Waals surface area contributed by atoms with Gasteiger partial charge in [-0.3, -0.25) is 9.89 Å². The summed E-state index contributed by atoms with van der Waals surface area (Å²) in [5.74, 6) is 1.73. The Balaban J connectivity index is 1.00. The van der Waals surface area contributed by atoms with Crippen molar-refractivity contribution in [3.63, 3.8) is 0 Å². The van der Waals surface area contributed by atoms with Gasteiger partial charge in [-0.05, 0) is 63.6 Å². The molecule has 3 N–H and O–H groups in total. The first kappa shape index (κ1) is 30.0. The first-order valence-electron chi connectivity index (χ1n) is 15.4. The van der Waals surface area contributed by atoms with Crippen molar-refractivity contribution in [1.29, 1.82) is 0 Å². The van der Waals surface area contributed by atoms with Crippen molar-refractivity contribution in [2.45, 2.75) is 83.0 Å². The van der Waals surface area contributed by atoms with Crippen LogP contribution in [0.3, 0.4) is 0 Å². The summed E-state index contributed by atoms with van der Waals surface area (Å²) < 4.78 is 29.7. The zero-order valence-electron chi connectivity index (χ0n) is 25.1. The molecule has 44 heavy (non-hydrogen) atoms. The molecule has 2 heterocycles. The number of benzene rings is 2. The smallest absolute Gasteiger partial charge is 0.407 e. The Kier molecular flexibility index (Phi) is 9.32. The Hall–Kier alpha value is -4.09. The first-order valence-corrected chi connectivity index (χ1v) is 15.4. The Bertz CT molecular complexity index is 1420. The van der Waals surface area contributed by atoms with Gasteiger partial charge in [0.1, 0.15) is 30.3 Å². The second-order valence-electron chi connectivity index (χ2n) is 12.0. The first-order chi connectivity index (χ1) is 21.4. The molecule has 1 aromatic heterocycles. The fourth-order valence-electron chi connectivity index (χ4n) is 5.89. The van der Waals surface area contributed by atoms with Gasteiger partial charge in [0.15, 0.2) is 12.1 Å². The van der Waals surface area contributed by atoms with E-state index in [9.17, 15) is 9.59 Å². The van der Waals surface area contributed by atoms with Crippen LogP contribution < -0.4 is 20.1 Å².